The number of ether oxygens (including phenoxy) is 1. The summed E-state index contributed by atoms with van der Waals surface area (Å²) in [7, 11) is -3.86. The van der Waals surface area contributed by atoms with Crippen molar-refractivity contribution in [3.63, 3.8) is 0 Å². The number of nitrogens with zero attached hydrogens (tertiary/aromatic N) is 2. The van der Waals surface area contributed by atoms with E-state index in [2.05, 4.69) is 20.0 Å². The maximum atomic E-state index is 12.6. The van der Waals surface area contributed by atoms with Gasteiger partial charge in [-0.25, -0.2) is 13.4 Å². The minimum atomic E-state index is -3.86. The number of nitrogens with one attached hydrogen (secondary N) is 2. The third-order valence-corrected chi connectivity index (χ3v) is 5.62. The van der Waals surface area contributed by atoms with Crippen molar-refractivity contribution in [1.29, 1.82) is 0 Å². The first-order valence-electron chi connectivity index (χ1n) is 9.32. The first-order valence-corrected chi connectivity index (χ1v) is 10.8. The Morgan fingerprint density at radius 1 is 0.871 bits per heavy atom. The molecule has 0 unspecified atom stereocenters. The van der Waals surface area contributed by atoms with E-state index in [4.69, 9.17) is 4.74 Å². The Balaban J connectivity index is 1.39. The fraction of sp³-hybridized carbons (Fsp3) is 0.0455. The molecule has 0 spiro atoms. The van der Waals surface area contributed by atoms with Gasteiger partial charge in [0, 0.05) is 5.69 Å². The Morgan fingerprint density at radius 2 is 1.55 bits per heavy atom. The quantitative estimate of drug-likeness (QED) is 0.461. The third-order valence-electron chi connectivity index (χ3n) is 4.25. The third kappa shape index (κ3) is 5.14. The predicted molar refractivity (Wildman–Crippen MR) is 117 cm³/mol. The number of carbonyl (C=O) groups excluding carboxylic acids is 1. The van der Waals surface area contributed by atoms with Gasteiger partial charge in [0.1, 0.15) is 5.75 Å². The number of aromatic nitrogens is 2. The molecule has 0 aliphatic rings. The Labute approximate surface area is 179 Å². The molecule has 156 valence electrons. The van der Waals surface area contributed by atoms with Crippen LogP contribution in [-0.2, 0) is 14.8 Å². The number of hydrogen-bond donors (Lipinski definition) is 2. The molecule has 31 heavy (non-hydrogen) atoms. The molecule has 9 heteroatoms. The van der Waals surface area contributed by atoms with Crippen LogP contribution in [0.3, 0.4) is 0 Å². The van der Waals surface area contributed by atoms with Crippen molar-refractivity contribution in [3.05, 3.63) is 85.1 Å². The number of benzene rings is 3. The lowest BCUT2D eigenvalue weighted by atomic mass is 10.3. The molecule has 0 atom stereocenters. The summed E-state index contributed by atoms with van der Waals surface area (Å²) in [5.74, 6) is 0.347. The van der Waals surface area contributed by atoms with Gasteiger partial charge < -0.3 is 10.1 Å². The van der Waals surface area contributed by atoms with Crippen LogP contribution >= 0.6 is 0 Å². The largest absolute Gasteiger partial charge is 0.484 e. The number of rotatable bonds is 7. The molecule has 0 aliphatic heterocycles. The first-order chi connectivity index (χ1) is 15.0. The number of fused-ring (bicyclic) bond motifs is 1. The minimum Gasteiger partial charge on any atom is -0.484 e. The number of para-hydroxylation sites is 3. The second kappa shape index (κ2) is 8.80. The van der Waals surface area contributed by atoms with Gasteiger partial charge in [0.05, 0.1) is 22.1 Å². The van der Waals surface area contributed by atoms with E-state index in [1.165, 1.54) is 30.5 Å². The highest BCUT2D eigenvalue weighted by Crippen LogP contribution is 2.18. The summed E-state index contributed by atoms with van der Waals surface area (Å²) in [4.78, 5) is 20.5. The Kier molecular flexibility index (Phi) is 5.76. The molecular formula is C22H18N4O4S. The van der Waals surface area contributed by atoms with Gasteiger partial charge in [-0.05, 0) is 48.5 Å². The molecule has 1 aromatic heterocycles. The van der Waals surface area contributed by atoms with Gasteiger partial charge in [0.25, 0.3) is 15.9 Å². The van der Waals surface area contributed by atoms with Crippen molar-refractivity contribution in [1.82, 2.24) is 9.97 Å². The first kappa shape index (κ1) is 20.3. The van der Waals surface area contributed by atoms with Crippen LogP contribution in [0, 0.1) is 0 Å². The van der Waals surface area contributed by atoms with Gasteiger partial charge >= 0.3 is 0 Å². The summed E-state index contributed by atoms with van der Waals surface area (Å²) >= 11 is 0. The zero-order valence-electron chi connectivity index (χ0n) is 16.2. The van der Waals surface area contributed by atoms with Crippen molar-refractivity contribution in [2.45, 2.75) is 4.90 Å². The van der Waals surface area contributed by atoms with Crippen molar-refractivity contribution in [2.75, 3.05) is 16.6 Å². The summed E-state index contributed by atoms with van der Waals surface area (Å²) in [6.45, 7) is -0.160. The minimum absolute atomic E-state index is 0.0287. The molecule has 8 nitrogen and oxygen atoms in total. The van der Waals surface area contributed by atoms with E-state index in [0.29, 0.717) is 22.5 Å². The molecule has 0 saturated heterocycles. The maximum absolute atomic E-state index is 12.6. The molecule has 1 amide bonds. The Morgan fingerprint density at radius 3 is 2.29 bits per heavy atom. The highest BCUT2D eigenvalue weighted by Gasteiger charge is 2.16. The number of hydrogen-bond acceptors (Lipinski definition) is 6. The lowest BCUT2D eigenvalue weighted by Gasteiger charge is -2.10. The standard InChI is InChI=1S/C22H18N4O4S/c27-22(15-30-17-6-2-1-3-7-17)24-16-10-12-18(13-11-16)31(28,29)26-21-14-23-19-8-4-5-9-20(19)25-21/h1-14H,15H2,(H,24,27)(H,25,26). The van der Waals surface area contributed by atoms with E-state index in [-0.39, 0.29) is 23.2 Å². The molecule has 0 saturated carbocycles. The van der Waals surface area contributed by atoms with Crippen molar-refractivity contribution in [2.24, 2.45) is 0 Å². The van der Waals surface area contributed by atoms with Crippen LogP contribution in [-0.4, -0.2) is 30.9 Å². The van der Waals surface area contributed by atoms with Crippen LogP contribution in [0.5, 0.6) is 5.75 Å². The summed E-state index contributed by atoms with van der Waals surface area (Å²) in [6.07, 6.45) is 1.36. The average molecular weight is 434 g/mol. The predicted octanol–water partition coefficient (Wildman–Crippen LogP) is 3.45. The lowest BCUT2D eigenvalue weighted by molar-refractivity contribution is -0.118. The topological polar surface area (TPSA) is 110 Å². The average Bonchev–Trinajstić information content (AvgIpc) is 2.78. The molecular weight excluding hydrogens is 416 g/mol. The Hall–Kier alpha value is -3.98. The molecule has 0 radical (unpaired) electrons. The number of amides is 1. The van der Waals surface area contributed by atoms with Crippen molar-refractivity contribution >= 4 is 38.5 Å². The van der Waals surface area contributed by atoms with E-state index in [9.17, 15) is 13.2 Å². The Bertz CT molecular complexity index is 1310. The van der Waals surface area contributed by atoms with Crippen LogP contribution < -0.4 is 14.8 Å². The van der Waals surface area contributed by atoms with Crippen LogP contribution in [0.1, 0.15) is 0 Å². The molecule has 4 rings (SSSR count). The second-order valence-electron chi connectivity index (χ2n) is 6.52. The molecule has 0 fully saturated rings. The maximum Gasteiger partial charge on any atom is 0.263 e. The van der Waals surface area contributed by atoms with Gasteiger partial charge in [0.2, 0.25) is 0 Å². The second-order valence-corrected chi connectivity index (χ2v) is 8.21. The fourth-order valence-electron chi connectivity index (χ4n) is 2.78. The molecule has 0 bridgehead atoms. The van der Waals surface area contributed by atoms with E-state index in [1.54, 1.807) is 30.3 Å². The highest BCUT2D eigenvalue weighted by atomic mass is 32.2. The molecule has 1 heterocycles. The van der Waals surface area contributed by atoms with Gasteiger partial charge in [-0.1, -0.05) is 30.3 Å². The molecule has 2 N–H and O–H groups in total. The van der Waals surface area contributed by atoms with Crippen LogP contribution in [0.4, 0.5) is 11.5 Å². The van der Waals surface area contributed by atoms with E-state index in [0.717, 1.165) is 0 Å². The number of carbonyl (C=O) groups is 1. The van der Waals surface area contributed by atoms with E-state index < -0.39 is 10.0 Å². The summed E-state index contributed by atoms with van der Waals surface area (Å²) in [6, 6.07) is 21.9. The summed E-state index contributed by atoms with van der Waals surface area (Å²) < 4.78 is 33.1. The smallest absolute Gasteiger partial charge is 0.263 e. The monoisotopic (exact) mass is 434 g/mol. The van der Waals surface area contributed by atoms with Crippen molar-refractivity contribution < 1.29 is 17.9 Å². The highest BCUT2D eigenvalue weighted by molar-refractivity contribution is 7.92. The number of sulfonamides is 1. The van der Waals surface area contributed by atoms with E-state index >= 15 is 0 Å². The van der Waals surface area contributed by atoms with Gasteiger partial charge in [-0.2, -0.15) is 0 Å². The zero-order valence-corrected chi connectivity index (χ0v) is 17.0. The van der Waals surface area contributed by atoms with Gasteiger partial charge in [-0.15, -0.1) is 0 Å². The van der Waals surface area contributed by atoms with E-state index in [1.807, 2.05) is 24.3 Å². The van der Waals surface area contributed by atoms with Crippen molar-refractivity contribution in [3.8, 4) is 5.75 Å². The zero-order chi connectivity index (χ0) is 21.7. The summed E-state index contributed by atoms with van der Waals surface area (Å²) in [5.41, 5.74) is 1.70. The number of anilines is 2. The van der Waals surface area contributed by atoms with Gasteiger partial charge in [-0.3, -0.25) is 14.5 Å². The molecule has 3 aromatic carbocycles. The normalized spacial score (nSPS) is 11.1. The fourth-order valence-corrected chi connectivity index (χ4v) is 3.77. The van der Waals surface area contributed by atoms with Crippen LogP contribution in [0.15, 0.2) is 90.0 Å². The molecule has 0 aliphatic carbocycles. The van der Waals surface area contributed by atoms with Crippen LogP contribution in [0.2, 0.25) is 0 Å². The van der Waals surface area contributed by atoms with Crippen LogP contribution in [0.25, 0.3) is 11.0 Å². The molecule has 4 aromatic rings. The SMILES string of the molecule is O=C(COc1ccccc1)Nc1ccc(S(=O)(=O)Nc2cnc3ccccc3n2)cc1. The van der Waals surface area contributed by atoms with Gasteiger partial charge in [0.15, 0.2) is 12.4 Å². The lowest BCUT2D eigenvalue weighted by Crippen LogP contribution is -2.20. The summed E-state index contributed by atoms with van der Waals surface area (Å²) in [5, 5.41) is 2.66.